The van der Waals surface area contributed by atoms with Crippen molar-refractivity contribution >= 4 is 57.2 Å². The summed E-state index contributed by atoms with van der Waals surface area (Å²) >= 11 is 0. The van der Waals surface area contributed by atoms with Crippen molar-refractivity contribution in [2.75, 3.05) is 9.80 Å². The fraction of sp³-hybridized carbons (Fsp3) is 0.263. The van der Waals surface area contributed by atoms with Crippen LogP contribution in [0.1, 0.15) is 108 Å². The number of benzene rings is 7. The number of hydrogen-bond donors (Lipinski definition) is 0. The van der Waals surface area contributed by atoms with E-state index in [1.54, 1.807) is 0 Å². The maximum Gasteiger partial charge on any atom is 0.252 e. The van der Waals surface area contributed by atoms with Gasteiger partial charge < -0.3 is 9.80 Å². The van der Waals surface area contributed by atoms with Crippen molar-refractivity contribution in [3.05, 3.63) is 197 Å². The van der Waals surface area contributed by atoms with Crippen molar-refractivity contribution in [1.82, 2.24) is 0 Å². The predicted molar refractivity (Wildman–Crippen MR) is 260 cm³/mol. The largest absolute Gasteiger partial charge is 0.311 e. The number of aryl methyl sites for hydroxylation is 1. The van der Waals surface area contributed by atoms with Crippen molar-refractivity contribution in [3.63, 3.8) is 0 Å². The van der Waals surface area contributed by atoms with Crippen LogP contribution in [-0.2, 0) is 21.7 Å². The monoisotopic (exact) mass is 782 g/mol. The van der Waals surface area contributed by atoms with Crippen LogP contribution in [0, 0.1) is 6.92 Å². The first kappa shape index (κ1) is 39.7. The molecule has 0 atom stereocenters. The van der Waals surface area contributed by atoms with Crippen LogP contribution in [0.15, 0.2) is 158 Å². The van der Waals surface area contributed by atoms with Crippen molar-refractivity contribution in [2.45, 2.75) is 97.8 Å². The van der Waals surface area contributed by atoms with E-state index in [4.69, 9.17) is 0 Å². The molecule has 0 N–H and O–H groups in total. The van der Waals surface area contributed by atoms with E-state index >= 15 is 0 Å². The van der Waals surface area contributed by atoms with Gasteiger partial charge in [-0.15, -0.1) is 0 Å². The average Bonchev–Trinajstić information content (AvgIpc) is 3.23. The van der Waals surface area contributed by atoms with E-state index in [-0.39, 0.29) is 28.4 Å². The zero-order valence-corrected chi connectivity index (χ0v) is 37.5. The fourth-order valence-corrected chi connectivity index (χ4v) is 9.73. The van der Waals surface area contributed by atoms with Crippen LogP contribution in [0.25, 0.3) is 0 Å². The third-order valence-corrected chi connectivity index (χ3v) is 13.6. The highest BCUT2D eigenvalue weighted by Crippen LogP contribution is 2.46. The molecule has 0 aromatic heterocycles. The molecule has 0 amide bonds. The summed E-state index contributed by atoms with van der Waals surface area (Å²) in [5, 5.41) is 0. The quantitative estimate of drug-likeness (QED) is 0.155. The Morgan fingerprint density at radius 1 is 0.350 bits per heavy atom. The highest BCUT2D eigenvalue weighted by Gasteiger charge is 2.44. The van der Waals surface area contributed by atoms with E-state index in [1.165, 1.54) is 89.5 Å². The van der Waals surface area contributed by atoms with Gasteiger partial charge >= 0.3 is 0 Å². The summed E-state index contributed by atoms with van der Waals surface area (Å²) < 4.78 is 0. The van der Waals surface area contributed by atoms with Crippen LogP contribution in [0.5, 0.6) is 0 Å². The standard InChI is InChI=1S/C57H59BN2/c1-38-34-51-53-52(35-38)60(46-30-24-42(25-31-46)56(8,9)40-18-14-12-15-19-40)49-32-26-43(55(5,6)7)36-47(49)58(53)48-37-44(57(10,11)41-20-16-13-17-21-41)27-33-50(48)59(51)45-28-22-39(23-29-45)54(2,3)4/h12-37H,1-11H3. The summed E-state index contributed by atoms with van der Waals surface area (Å²) in [6, 6.07) is 60.0. The second kappa shape index (κ2) is 14.2. The Bertz CT molecular complexity index is 2710. The first-order valence-corrected chi connectivity index (χ1v) is 21.8. The molecule has 7 aromatic rings. The lowest BCUT2D eigenvalue weighted by atomic mass is 9.33. The van der Waals surface area contributed by atoms with E-state index in [1.807, 2.05) is 0 Å². The van der Waals surface area contributed by atoms with E-state index in [0.717, 1.165) is 0 Å². The molecule has 2 heterocycles. The molecule has 2 aliphatic rings. The summed E-state index contributed by atoms with van der Waals surface area (Å²) in [7, 11) is 0. The van der Waals surface area contributed by atoms with E-state index in [9.17, 15) is 0 Å². The van der Waals surface area contributed by atoms with Gasteiger partial charge in [-0.2, -0.15) is 0 Å². The molecule has 7 aromatic carbocycles. The summed E-state index contributed by atoms with van der Waals surface area (Å²) in [5.41, 5.74) is 20.3. The second-order valence-corrected chi connectivity index (χ2v) is 20.4. The van der Waals surface area contributed by atoms with Crippen LogP contribution in [0.2, 0.25) is 0 Å². The molecule has 3 heteroatoms. The molecule has 0 saturated heterocycles. The van der Waals surface area contributed by atoms with Gasteiger partial charge in [-0.3, -0.25) is 0 Å². The Morgan fingerprint density at radius 2 is 0.717 bits per heavy atom. The average molecular weight is 783 g/mol. The van der Waals surface area contributed by atoms with Crippen LogP contribution < -0.4 is 26.2 Å². The Hall–Kier alpha value is -5.80. The lowest BCUT2D eigenvalue weighted by molar-refractivity contribution is 0.590. The maximum absolute atomic E-state index is 2.55. The summed E-state index contributed by atoms with van der Waals surface area (Å²) in [4.78, 5) is 5.10. The number of anilines is 6. The Kier molecular flexibility index (Phi) is 9.36. The Labute approximate surface area is 360 Å². The second-order valence-electron chi connectivity index (χ2n) is 20.4. The number of fused-ring (bicyclic) bond motifs is 4. The summed E-state index contributed by atoms with van der Waals surface area (Å²) in [5.74, 6) is 0. The third kappa shape index (κ3) is 6.58. The molecule has 2 nitrogen and oxygen atoms in total. The van der Waals surface area contributed by atoms with Gasteiger partial charge in [0.2, 0.25) is 0 Å². The van der Waals surface area contributed by atoms with Gasteiger partial charge in [0.1, 0.15) is 0 Å². The van der Waals surface area contributed by atoms with Gasteiger partial charge in [-0.25, -0.2) is 0 Å². The minimum Gasteiger partial charge on any atom is -0.311 e. The van der Waals surface area contributed by atoms with Crippen LogP contribution in [-0.4, -0.2) is 6.71 Å². The number of hydrogen-bond acceptors (Lipinski definition) is 2. The van der Waals surface area contributed by atoms with Gasteiger partial charge in [-0.1, -0.05) is 178 Å². The van der Waals surface area contributed by atoms with Gasteiger partial charge in [0.15, 0.2) is 0 Å². The molecule has 60 heavy (non-hydrogen) atoms. The highest BCUT2D eigenvalue weighted by atomic mass is 15.2. The first-order valence-electron chi connectivity index (χ1n) is 21.8. The van der Waals surface area contributed by atoms with Crippen LogP contribution in [0.4, 0.5) is 34.1 Å². The minimum atomic E-state index is -0.197. The lowest BCUT2D eigenvalue weighted by Gasteiger charge is -2.45. The first-order chi connectivity index (χ1) is 28.4. The number of nitrogens with zero attached hydrogens (tertiary/aromatic N) is 2. The molecule has 0 aliphatic carbocycles. The molecule has 0 saturated carbocycles. The van der Waals surface area contributed by atoms with Gasteiger partial charge in [-0.05, 0) is 122 Å². The molecule has 0 fully saturated rings. The van der Waals surface area contributed by atoms with Gasteiger partial charge in [0.05, 0.1) is 0 Å². The van der Waals surface area contributed by atoms with E-state index in [2.05, 4.69) is 244 Å². The van der Waals surface area contributed by atoms with Gasteiger partial charge in [0.25, 0.3) is 6.71 Å². The Balaban J connectivity index is 1.31. The molecule has 0 bridgehead atoms. The summed E-state index contributed by atoms with van der Waals surface area (Å²) in [6.07, 6.45) is 0. The highest BCUT2D eigenvalue weighted by molar-refractivity contribution is 7.00. The smallest absolute Gasteiger partial charge is 0.252 e. The molecule has 0 radical (unpaired) electrons. The van der Waals surface area contributed by atoms with Gasteiger partial charge in [0, 0.05) is 45.0 Å². The zero-order valence-electron chi connectivity index (χ0n) is 37.5. The summed E-state index contributed by atoms with van der Waals surface area (Å²) in [6.45, 7) is 25.6. The molecular weight excluding hydrogens is 723 g/mol. The maximum atomic E-state index is 2.55. The molecule has 0 spiro atoms. The van der Waals surface area contributed by atoms with Crippen molar-refractivity contribution < 1.29 is 0 Å². The third-order valence-electron chi connectivity index (χ3n) is 13.6. The SMILES string of the molecule is Cc1cc2c3c(c1)N(c1ccc(C(C)(C)C)cc1)c1ccc(C(C)(C)c4ccccc4)cc1B3c1cc(C(C)(C)C)ccc1N2c1ccc(C(C)(C)c2ccccc2)cc1. The van der Waals surface area contributed by atoms with Crippen molar-refractivity contribution in [3.8, 4) is 0 Å². The zero-order chi connectivity index (χ0) is 42.4. The molecule has 300 valence electrons. The van der Waals surface area contributed by atoms with Crippen molar-refractivity contribution in [1.29, 1.82) is 0 Å². The number of rotatable bonds is 6. The van der Waals surface area contributed by atoms with Crippen LogP contribution in [0.3, 0.4) is 0 Å². The minimum absolute atomic E-state index is 0.0175. The lowest BCUT2D eigenvalue weighted by Crippen LogP contribution is -2.61. The topological polar surface area (TPSA) is 6.48 Å². The fourth-order valence-electron chi connectivity index (χ4n) is 9.73. The molecule has 2 aliphatic heterocycles. The van der Waals surface area contributed by atoms with E-state index in [0.29, 0.717) is 0 Å². The molecule has 9 rings (SSSR count). The Morgan fingerprint density at radius 3 is 1.17 bits per heavy atom. The molecule has 0 unspecified atom stereocenters. The molecular formula is C57H59BN2. The normalized spacial score (nSPS) is 13.8. The van der Waals surface area contributed by atoms with E-state index < -0.39 is 0 Å². The predicted octanol–water partition coefficient (Wildman–Crippen LogP) is 13.3. The van der Waals surface area contributed by atoms with Crippen LogP contribution >= 0.6 is 0 Å². The van der Waals surface area contributed by atoms with Crippen molar-refractivity contribution in [2.24, 2.45) is 0 Å².